The van der Waals surface area contributed by atoms with Crippen LogP contribution in [0.25, 0.3) is 0 Å². The fraction of sp³-hybridized carbons (Fsp3) is 0.294. The maximum atomic E-state index is 5.79. The average molecular weight is 317 g/mol. The molecule has 0 N–H and O–H groups in total. The van der Waals surface area contributed by atoms with E-state index in [2.05, 4.69) is 52.3 Å². The quantitative estimate of drug-likeness (QED) is 0.722. The maximum absolute atomic E-state index is 5.79. The summed E-state index contributed by atoms with van der Waals surface area (Å²) in [5.74, 6) is 2.53. The van der Waals surface area contributed by atoms with Crippen molar-refractivity contribution in [3.8, 4) is 5.75 Å². The number of alkyl halides is 1. The fourth-order valence-electron chi connectivity index (χ4n) is 2.38. The molecule has 2 heteroatoms. The van der Waals surface area contributed by atoms with Crippen molar-refractivity contribution >= 4 is 15.9 Å². The Bertz CT molecular complexity index is 521. The SMILES string of the molecule is BrCC1CC1c1ccc(OCc2ccccc2)cc1. The lowest BCUT2D eigenvalue weighted by molar-refractivity contribution is 0.306. The molecule has 0 aliphatic heterocycles. The number of benzene rings is 2. The van der Waals surface area contributed by atoms with E-state index in [9.17, 15) is 0 Å². The van der Waals surface area contributed by atoms with Gasteiger partial charge in [0, 0.05) is 5.33 Å². The number of ether oxygens (including phenoxy) is 1. The lowest BCUT2D eigenvalue weighted by Crippen LogP contribution is -1.95. The topological polar surface area (TPSA) is 9.23 Å². The summed E-state index contributed by atoms with van der Waals surface area (Å²) in [6.07, 6.45) is 1.31. The van der Waals surface area contributed by atoms with Crippen molar-refractivity contribution in [2.75, 3.05) is 5.33 Å². The monoisotopic (exact) mass is 316 g/mol. The molecule has 3 rings (SSSR count). The highest BCUT2D eigenvalue weighted by molar-refractivity contribution is 9.09. The first kappa shape index (κ1) is 12.7. The molecule has 0 heterocycles. The van der Waals surface area contributed by atoms with E-state index in [0.717, 1.165) is 22.9 Å². The van der Waals surface area contributed by atoms with Gasteiger partial charge in [0.25, 0.3) is 0 Å². The average Bonchev–Trinajstić information content (AvgIpc) is 3.26. The molecule has 0 aromatic heterocycles. The first-order chi connectivity index (χ1) is 9.36. The van der Waals surface area contributed by atoms with E-state index in [1.165, 1.54) is 17.5 Å². The third kappa shape index (κ3) is 3.19. The van der Waals surface area contributed by atoms with Crippen molar-refractivity contribution in [2.45, 2.75) is 18.9 Å². The summed E-state index contributed by atoms with van der Waals surface area (Å²) >= 11 is 3.55. The Morgan fingerprint density at radius 2 is 1.74 bits per heavy atom. The Labute approximate surface area is 122 Å². The van der Waals surface area contributed by atoms with Crippen LogP contribution in [0.4, 0.5) is 0 Å². The lowest BCUT2D eigenvalue weighted by atomic mass is 10.1. The third-order valence-corrected chi connectivity index (χ3v) is 4.51. The van der Waals surface area contributed by atoms with Crippen LogP contribution >= 0.6 is 15.9 Å². The molecule has 1 aliphatic rings. The smallest absolute Gasteiger partial charge is 0.119 e. The minimum absolute atomic E-state index is 0.633. The molecule has 1 aliphatic carbocycles. The van der Waals surface area contributed by atoms with Gasteiger partial charge in [0.1, 0.15) is 12.4 Å². The fourth-order valence-corrected chi connectivity index (χ4v) is 3.09. The molecule has 2 unspecified atom stereocenters. The van der Waals surface area contributed by atoms with Gasteiger partial charge in [-0.2, -0.15) is 0 Å². The van der Waals surface area contributed by atoms with Crippen LogP contribution in [0.5, 0.6) is 5.75 Å². The molecule has 2 aromatic rings. The molecule has 0 radical (unpaired) electrons. The summed E-state index contributed by atoms with van der Waals surface area (Å²) in [5.41, 5.74) is 2.64. The van der Waals surface area contributed by atoms with Crippen molar-refractivity contribution in [2.24, 2.45) is 5.92 Å². The standard InChI is InChI=1S/C17H17BrO/c18-11-15-10-17(15)14-6-8-16(9-7-14)19-12-13-4-2-1-3-5-13/h1-9,15,17H,10-12H2. The Kier molecular flexibility index (Phi) is 3.88. The summed E-state index contributed by atoms with van der Waals surface area (Å²) in [6, 6.07) is 18.8. The second kappa shape index (κ2) is 5.79. The van der Waals surface area contributed by atoms with Gasteiger partial charge in [-0.05, 0) is 41.5 Å². The molecule has 1 nitrogen and oxygen atoms in total. The van der Waals surface area contributed by atoms with Crippen LogP contribution in [0.2, 0.25) is 0 Å². The van der Waals surface area contributed by atoms with Crippen LogP contribution in [-0.4, -0.2) is 5.33 Å². The molecule has 1 saturated carbocycles. The Balaban J connectivity index is 1.58. The summed E-state index contributed by atoms with van der Waals surface area (Å²) in [5, 5.41) is 1.12. The second-order valence-corrected chi connectivity index (χ2v) is 5.75. The normalized spacial score (nSPS) is 21.1. The zero-order chi connectivity index (χ0) is 13.1. The van der Waals surface area contributed by atoms with Gasteiger partial charge in [-0.25, -0.2) is 0 Å². The van der Waals surface area contributed by atoms with Gasteiger partial charge < -0.3 is 4.74 Å². The second-order valence-electron chi connectivity index (χ2n) is 5.10. The Morgan fingerprint density at radius 3 is 2.37 bits per heavy atom. The maximum Gasteiger partial charge on any atom is 0.119 e. The van der Waals surface area contributed by atoms with E-state index in [4.69, 9.17) is 4.74 Å². The van der Waals surface area contributed by atoms with Gasteiger partial charge in [-0.15, -0.1) is 0 Å². The number of hydrogen-bond donors (Lipinski definition) is 0. The minimum atomic E-state index is 0.633. The summed E-state index contributed by atoms with van der Waals surface area (Å²) in [6.45, 7) is 0.633. The van der Waals surface area contributed by atoms with Crippen molar-refractivity contribution in [3.05, 3.63) is 65.7 Å². The first-order valence-corrected chi connectivity index (χ1v) is 7.81. The van der Waals surface area contributed by atoms with Crippen molar-refractivity contribution in [1.29, 1.82) is 0 Å². The molecule has 98 valence electrons. The molecule has 0 spiro atoms. The van der Waals surface area contributed by atoms with E-state index in [-0.39, 0.29) is 0 Å². The largest absolute Gasteiger partial charge is 0.489 e. The van der Waals surface area contributed by atoms with Crippen molar-refractivity contribution in [3.63, 3.8) is 0 Å². The molecule has 0 saturated heterocycles. The van der Waals surface area contributed by atoms with Crippen LogP contribution in [0, 0.1) is 5.92 Å². The highest BCUT2D eigenvalue weighted by Gasteiger charge is 2.36. The zero-order valence-electron chi connectivity index (χ0n) is 10.8. The van der Waals surface area contributed by atoms with Crippen LogP contribution < -0.4 is 4.74 Å². The summed E-state index contributed by atoms with van der Waals surface area (Å²) in [4.78, 5) is 0. The highest BCUT2D eigenvalue weighted by Crippen LogP contribution is 2.48. The number of hydrogen-bond acceptors (Lipinski definition) is 1. The highest BCUT2D eigenvalue weighted by atomic mass is 79.9. The molecular weight excluding hydrogens is 300 g/mol. The molecule has 0 amide bonds. The zero-order valence-corrected chi connectivity index (χ0v) is 12.3. The van der Waals surface area contributed by atoms with E-state index in [0.29, 0.717) is 6.61 Å². The third-order valence-electron chi connectivity index (χ3n) is 3.68. The minimum Gasteiger partial charge on any atom is -0.489 e. The van der Waals surface area contributed by atoms with E-state index in [1.54, 1.807) is 0 Å². The van der Waals surface area contributed by atoms with Crippen LogP contribution in [0.15, 0.2) is 54.6 Å². The molecular formula is C17H17BrO. The van der Waals surface area contributed by atoms with Gasteiger partial charge in [-0.1, -0.05) is 58.4 Å². The summed E-state index contributed by atoms with van der Waals surface area (Å²) in [7, 11) is 0. The van der Waals surface area contributed by atoms with Gasteiger partial charge >= 0.3 is 0 Å². The first-order valence-electron chi connectivity index (χ1n) is 6.69. The predicted octanol–water partition coefficient (Wildman–Crippen LogP) is 4.76. The predicted molar refractivity (Wildman–Crippen MR) is 81.9 cm³/mol. The molecule has 1 fully saturated rings. The number of rotatable bonds is 5. The molecule has 2 atom stereocenters. The van der Waals surface area contributed by atoms with E-state index in [1.807, 2.05) is 18.2 Å². The van der Waals surface area contributed by atoms with Crippen LogP contribution in [-0.2, 0) is 6.61 Å². The Morgan fingerprint density at radius 1 is 1.00 bits per heavy atom. The van der Waals surface area contributed by atoms with Gasteiger partial charge in [0.15, 0.2) is 0 Å². The van der Waals surface area contributed by atoms with Crippen molar-refractivity contribution in [1.82, 2.24) is 0 Å². The van der Waals surface area contributed by atoms with Gasteiger partial charge in [0.2, 0.25) is 0 Å². The molecule has 0 bridgehead atoms. The molecule has 2 aromatic carbocycles. The van der Waals surface area contributed by atoms with E-state index >= 15 is 0 Å². The Hall–Kier alpha value is -1.28. The summed E-state index contributed by atoms with van der Waals surface area (Å²) < 4.78 is 5.79. The van der Waals surface area contributed by atoms with Crippen LogP contribution in [0.3, 0.4) is 0 Å². The number of halogens is 1. The van der Waals surface area contributed by atoms with E-state index < -0.39 is 0 Å². The van der Waals surface area contributed by atoms with Gasteiger partial charge in [0.05, 0.1) is 0 Å². The van der Waals surface area contributed by atoms with Gasteiger partial charge in [-0.3, -0.25) is 0 Å². The van der Waals surface area contributed by atoms with Crippen molar-refractivity contribution < 1.29 is 4.74 Å². The molecule has 19 heavy (non-hydrogen) atoms. The van der Waals surface area contributed by atoms with Crippen LogP contribution in [0.1, 0.15) is 23.5 Å². The lowest BCUT2D eigenvalue weighted by Gasteiger charge is -2.07.